The summed E-state index contributed by atoms with van der Waals surface area (Å²) in [6.45, 7) is 3.79. The summed E-state index contributed by atoms with van der Waals surface area (Å²) in [5.74, 6) is 0.627. The van der Waals surface area contributed by atoms with Crippen molar-refractivity contribution >= 4 is 17.6 Å². The number of aromatic nitrogens is 4. The van der Waals surface area contributed by atoms with E-state index in [4.69, 9.17) is 5.73 Å². The fourth-order valence-corrected chi connectivity index (χ4v) is 3.59. The molecule has 4 rings (SSSR count). The van der Waals surface area contributed by atoms with Gasteiger partial charge in [0.1, 0.15) is 0 Å². The number of rotatable bonds is 3. The third kappa shape index (κ3) is 2.71. The second-order valence-electron chi connectivity index (χ2n) is 6.48. The zero-order valence-electron chi connectivity index (χ0n) is 14.3. The number of nitrogen functional groups attached to an aromatic ring is 1. The minimum Gasteiger partial charge on any atom is -0.366 e. The Bertz CT molecular complexity index is 977. The summed E-state index contributed by atoms with van der Waals surface area (Å²) < 4.78 is 1.59. The lowest BCUT2D eigenvalue weighted by Gasteiger charge is -2.15. The van der Waals surface area contributed by atoms with E-state index in [1.807, 2.05) is 26.0 Å². The van der Waals surface area contributed by atoms with E-state index in [1.165, 1.54) is 11.1 Å². The molecule has 0 radical (unpaired) electrons. The van der Waals surface area contributed by atoms with Gasteiger partial charge >= 0.3 is 0 Å². The maximum absolute atomic E-state index is 12.6. The van der Waals surface area contributed by atoms with Crippen LogP contribution >= 0.6 is 0 Å². The lowest BCUT2D eigenvalue weighted by Crippen LogP contribution is -2.29. The molecule has 2 aromatic heterocycles. The molecule has 1 aromatic carbocycles. The average molecular weight is 336 g/mol. The van der Waals surface area contributed by atoms with Crippen LogP contribution in [0.25, 0.3) is 5.78 Å². The molecule has 0 spiro atoms. The van der Waals surface area contributed by atoms with Crippen LogP contribution in [-0.4, -0.2) is 25.5 Å². The van der Waals surface area contributed by atoms with E-state index in [0.717, 1.165) is 29.8 Å². The molecule has 0 saturated heterocycles. The minimum atomic E-state index is -0.0119. The average Bonchev–Trinajstić information content (AvgIpc) is 3.15. The first-order chi connectivity index (χ1) is 12.0. The van der Waals surface area contributed by atoms with E-state index < -0.39 is 0 Å². The summed E-state index contributed by atoms with van der Waals surface area (Å²) in [6, 6.07) is 8.37. The number of hydrogen-bond donors (Lipinski definition) is 2. The first kappa shape index (κ1) is 15.6. The quantitative estimate of drug-likeness (QED) is 0.758. The molecule has 7 heteroatoms. The third-order valence-corrected chi connectivity index (χ3v) is 4.87. The molecule has 0 fully saturated rings. The highest BCUT2D eigenvalue weighted by Crippen LogP contribution is 2.30. The van der Waals surface area contributed by atoms with Crippen molar-refractivity contribution in [1.29, 1.82) is 0 Å². The molecule has 1 atom stereocenters. The van der Waals surface area contributed by atoms with Gasteiger partial charge in [0.2, 0.25) is 11.9 Å². The van der Waals surface area contributed by atoms with Crippen molar-refractivity contribution in [2.45, 2.75) is 39.2 Å². The maximum atomic E-state index is 12.6. The minimum absolute atomic E-state index is 0.0119. The summed E-state index contributed by atoms with van der Waals surface area (Å²) in [4.78, 5) is 21.1. The Morgan fingerprint density at radius 3 is 2.96 bits per heavy atom. The van der Waals surface area contributed by atoms with Crippen LogP contribution in [0.1, 0.15) is 40.5 Å². The van der Waals surface area contributed by atoms with Crippen LogP contribution in [0.3, 0.4) is 0 Å². The molecule has 7 nitrogen and oxygen atoms in total. The Hall–Kier alpha value is -2.96. The Morgan fingerprint density at radius 1 is 1.32 bits per heavy atom. The van der Waals surface area contributed by atoms with Gasteiger partial charge < -0.3 is 11.1 Å². The number of amides is 1. The van der Waals surface area contributed by atoms with E-state index in [9.17, 15) is 4.79 Å². The molecule has 0 bridgehead atoms. The highest BCUT2D eigenvalue weighted by atomic mass is 16.1. The van der Waals surface area contributed by atoms with Crippen LogP contribution in [0.15, 0.2) is 24.3 Å². The molecule has 1 aliphatic rings. The van der Waals surface area contributed by atoms with Crippen molar-refractivity contribution < 1.29 is 4.79 Å². The second-order valence-corrected chi connectivity index (χ2v) is 6.48. The van der Waals surface area contributed by atoms with Crippen LogP contribution in [0.2, 0.25) is 0 Å². The molecule has 0 aliphatic heterocycles. The summed E-state index contributed by atoms with van der Waals surface area (Å²) in [5.41, 5.74) is 10.7. The summed E-state index contributed by atoms with van der Waals surface area (Å²) in [7, 11) is 0. The number of benzene rings is 1. The van der Waals surface area contributed by atoms with Crippen molar-refractivity contribution in [3.8, 4) is 0 Å². The van der Waals surface area contributed by atoms with Crippen molar-refractivity contribution in [2.24, 2.45) is 0 Å². The zero-order valence-corrected chi connectivity index (χ0v) is 14.3. The van der Waals surface area contributed by atoms with Crippen LogP contribution in [0.5, 0.6) is 0 Å². The molecule has 3 aromatic rings. The van der Waals surface area contributed by atoms with E-state index in [2.05, 4.69) is 32.5 Å². The van der Waals surface area contributed by atoms with Gasteiger partial charge in [-0.25, -0.2) is 4.98 Å². The Morgan fingerprint density at radius 2 is 2.12 bits per heavy atom. The Kier molecular flexibility index (Phi) is 3.63. The van der Waals surface area contributed by atoms with Crippen LogP contribution in [0, 0.1) is 13.8 Å². The maximum Gasteiger partial charge on any atom is 0.254 e. The van der Waals surface area contributed by atoms with E-state index >= 15 is 0 Å². The van der Waals surface area contributed by atoms with Crippen molar-refractivity contribution in [3.63, 3.8) is 0 Å². The van der Waals surface area contributed by atoms with Gasteiger partial charge in [-0.2, -0.15) is 9.50 Å². The predicted molar refractivity (Wildman–Crippen MR) is 94.0 cm³/mol. The Balaban J connectivity index is 1.56. The number of fused-ring (bicyclic) bond motifs is 2. The van der Waals surface area contributed by atoms with Crippen LogP contribution < -0.4 is 11.1 Å². The molecular formula is C18H20N6O. The molecule has 25 heavy (non-hydrogen) atoms. The summed E-state index contributed by atoms with van der Waals surface area (Å²) >= 11 is 0. The number of aryl methyl sites for hydroxylation is 3. The second kappa shape index (κ2) is 5.84. The molecule has 1 unspecified atom stereocenters. The standard InChI is InChI=1S/C18H20N6O/c1-10-14(11(2)24-18(20-10)22-17(19)23-24)9-16(25)21-15-8-7-12-5-3-4-6-13(12)15/h3-6,15H,7-9H2,1-2H3,(H2,19,23)(H,21,25). The fraction of sp³-hybridized carbons (Fsp3) is 0.333. The molecule has 1 aliphatic carbocycles. The molecule has 1 amide bonds. The fourth-order valence-electron chi connectivity index (χ4n) is 3.59. The monoisotopic (exact) mass is 336 g/mol. The lowest BCUT2D eigenvalue weighted by atomic mass is 10.1. The smallest absolute Gasteiger partial charge is 0.254 e. The molecule has 3 N–H and O–H groups in total. The number of hydrogen-bond acceptors (Lipinski definition) is 5. The summed E-state index contributed by atoms with van der Waals surface area (Å²) in [5, 5.41) is 7.30. The SMILES string of the molecule is Cc1nc2nc(N)nn2c(C)c1CC(=O)NC1CCc2ccccc21. The van der Waals surface area contributed by atoms with Crippen molar-refractivity contribution in [3.05, 3.63) is 52.3 Å². The van der Waals surface area contributed by atoms with Gasteiger partial charge in [-0.1, -0.05) is 24.3 Å². The van der Waals surface area contributed by atoms with Gasteiger partial charge in [-0.3, -0.25) is 4.79 Å². The lowest BCUT2D eigenvalue weighted by molar-refractivity contribution is -0.121. The Labute approximate surface area is 145 Å². The summed E-state index contributed by atoms with van der Waals surface area (Å²) in [6.07, 6.45) is 2.21. The van der Waals surface area contributed by atoms with Crippen LogP contribution in [0.4, 0.5) is 5.95 Å². The van der Waals surface area contributed by atoms with Crippen molar-refractivity contribution in [1.82, 2.24) is 24.9 Å². The van der Waals surface area contributed by atoms with Gasteiger partial charge in [0.05, 0.1) is 12.5 Å². The number of nitrogens with zero attached hydrogens (tertiary/aromatic N) is 4. The van der Waals surface area contributed by atoms with Gasteiger partial charge in [0, 0.05) is 17.0 Å². The topological polar surface area (TPSA) is 98.2 Å². The van der Waals surface area contributed by atoms with Gasteiger partial charge in [0.15, 0.2) is 0 Å². The van der Waals surface area contributed by atoms with Crippen LogP contribution in [-0.2, 0) is 17.6 Å². The number of carbonyl (C=O) groups is 1. The number of nitrogens with one attached hydrogen (secondary N) is 1. The highest BCUT2D eigenvalue weighted by Gasteiger charge is 2.24. The van der Waals surface area contributed by atoms with E-state index in [0.29, 0.717) is 5.78 Å². The number of carbonyl (C=O) groups excluding carboxylic acids is 1. The third-order valence-electron chi connectivity index (χ3n) is 4.87. The number of anilines is 1. The van der Waals surface area contributed by atoms with Gasteiger partial charge in [0.25, 0.3) is 5.78 Å². The zero-order chi connectivity index (χ0) is 17.6. The molecule has 2 heterocycles. The molecule has 0 saturated carbocycles. The van der Waals surface area contributed by atoms with Gasteiger partial charge in [-0.05, 0) is 37.8 Å². The first-order valence-corrected chi connectivity index (χ1v) is 8.38. The van der Waals surface area contributed by atoms with Gasteiger partial charge in [-0.15, -0.1) is 5.10 Å². The molecule has 128 valence electrons. The van der Waals surface area contributed by atoms with Crippen molar-refractivity contribution in [2.75, 3.05) is 5.73 Å². The largest absolute Gasteiger partial charge is 0.366 e. The number of nitrogens with two attached hydrogens (primary N) is 1. The highest BCUT2D eigenvalue weighted by molar-refractivity contribution is 5.79. The van der Waals surface area contributed by atoms with E-state index in [-0.39, 0.29) is 24.3 Å². The normalized spacial score (nSPS) is 16.2. The first-order valence-electron chi connectivity index (χ1n) is 8.38. The predicted octanol–water partition coefficient (Wildman–Crippen LogP) is 1.67. The van der Waals surface area contributed by atoms with E-state index in [1.54, 1.807) is 4.52 Å². The molecular weight excluding hydrogens is 316 g/mol.